The number of carbonyl (C=O) groups excluding carboxylic acids is 1. The normalized spacial score (nSPS) is 10.6. The summed E-state index contributed by atoms with van der Waals surface area (Å²) in [6, 6.07) is 21.9. The maximum atomic E-state index is 12.3. The average Bonchev–Trinajstić information content (AvgIpc) is 2.74. The van der Waals surface area contributed by atoms with E-state index in [9.17, 15) is 10.1 Å². The first-order valence-corrected chi connectivity index (χ1v) is 11.0. The van der Waals surface area contributed by atoms with E-state index in [1.165, 1.54) is 22.9 Å². The standard InChI is InChI=1S/C25H25N3OS/c1-17(2)19-8-11-22(12-9-19)27-24(29)14-15-30-25-21(16-26)10-13-23(28-25)20-6-4-18(3)5-7-20/h4-13,17H,14-15H2,1-3H3,(H,27,29). The second-order valence-corrected chi connectivity index (χ2v) is 8.53. The van der Waals surface area contributed by atoms with Crippen LogP contribution in [-0.4, -0.2) is 16.6 Å². The van der Waals surface area contributed by atoms with Crippen LogP contribution in [0.4, 0.5) is 5.69 Å². The summed E-state index contributed by atoms with van der Waals surface area (Å²) in [7, 11) is 0. The van der Waals surface area contributed by atoms with Gasteiger partial charge in [0.05, 0.1) is 11.3 Å². The Morgan fingerprint density at radius 2 is 1.77 bits per heavy atom. The van der Waals surface area contributed by atoms with E-state index in [4.69, 9.17) is 0 Å². The van der Waals surface area contributed by atoms with Gasteiger partial charge in [0.25, 0.3) is 0 Å². The summed E-state index contributed by atoms with van der Waals surface area (Å²) < 4.78 is 0. The van der Waals surface area contributed by atoms with Crippen LogP contribution in [0.5, 0.6) is 0 Å². The van der Waals surface area contributed by atoms with Gasteiger partial charge in [0.1, 0.15) is 11.1 Å². The highest BCUT2D eigenvalue weighted by Gasteiger charge is 2.10. The van der Waals surface area contributed by atoms with Gasteiger partial charge < -0.3 is 5.32 Å². The van der Waals surface area contributed by atoms with Crippen LogP contribution >= 0.6 is 11.8 Å². The zero-order valence-electron chi connectivity index (χ0n) is 17.5. The molecule has 1 N–H and O–H groups in total. The van der Waals surface area contributed by atoms with Crippen LogP contribution in [0, 0.1) is 18.3 Å². The number of pyridine rings is 1. The molecule has 152 valence electrons. The molecule has 1 aromatic heterocycles. The van der Waals surface area contributed by atoms with Crippen LogP contribution in [-0.2, 0) is 4.79 Å². The van der Waals surface area contributed by atoms with Gasteiger partial charge in [-0.1, -0.05) is 55.8 Å². The second-order valence-electron chi connectivity index (χ2n) is 7.45. The molecule has 0 atom stereocenters. The van der Waals surface area contributed by atoms with Gasteiger partial charge >= 0.3 is 0 Å². The third kappa shape index (κ3) is 5.71. The molecule has 0 spiro atoms. The first kappa shape index (κ1) is 21.6. The van der Waals surface area contributed by atoms with E-state index in [1.54, 1.807) is 6.07 Å². The smallest absolute Gasteiger partial charge is 0.225 e. The van der Waals surface area contributed by atoms with Crippen molar-refractivity contribution >= 4 is 23.4 Å². The van der Waals surface area contributed by atoms with Gasteiger partial charge in [0.2, 0.25) is 5.91 Å². The Kier molecular flexibility index (Phi) is 7.26. The first-order valence-electron chi connectivity index (χ1n) is 9.97. The van der Waals surface area contributed by atoms with Crippen LogP contribution in [0.15, 0.2) is 65.7 Å². The van der Waals surface area contributed by atoms with Crippen LogP contribution in [0.2, 0.25) is 0 Å². The molecule has 0 fully saturated rings. The maximum absolute atomic E-state index is 12.3. The molecular weight excluding hydrogens is 390 g/mol. The predicted octanol–water partition coefficient (Wildman–Crippen LogP) is 6.17. The van der Waals surface area contributed by atoms with Crippen LogP contribution < -0.4 is 5.32 Å². The number of aryl methyl sites for hydroxylation is 1. The molecule has 0 saturated heterocycles. The molecule has 3 aromatic rings. The van der Waals surface area contributed by atoms with Crippen molar-refractivity contribution in [3.05, 3.63) is 77.4 Å². The number of rotatable bonds is 7. The third-order valence-electron chi connectivity index (χ3n) is 4.76. The van der Waals surface area contributed by atoms with E-state index in [0.29, 0.717) is 28.7 Å². The highest BCUT2D eigenvalue weighted by atomic mass is 32.2. The van der Waals surface area contributed by atoms with Gasteiger partial charge in [-0.15, -0.1) is 11.8 Å². The lowest BCUT2D eigenvalue weighted by molar-refractivity contribution is -0.115. The lowest BCUT2D eigenvalue weighted by Crippen LogP contribution is -2.12. The summed E-state index contributed by atoms with van der Waals surface area (Å²) in [5.41, 5.74) is 5.59. The molecular formula is C25H25N3OS. The van der Waals surface area contributed by atoms with Crippen molar-refractivity contribution in [3.63, 3.8) is 0 Å². The molecule has 1 heterocycles. The van der Waals surface area contributed by atoms with Gasteiger partial charge in [-0.3, -0.25) is 4.79 Å². The average molecular weight is 416 g/mol. The number of thioether (sulfide) groups is 1. The van der Waals surface area contributed by atoms with Gasteiger partial charge in [0.15, 0.2) is 0 Å². The van der Waals surface area contributed by atoms with Gasteiger partial charge in [0, 0.05) is 23.4 Å². The van der Waals surface area contributed by atoms with Crippen molar-refractivity contribution in [2.75, 3.05) is 11.1 Å². The van der Waals surface area contributed by atoms with Gasteiger partial charge in [-0.25, -0.2) is 4.98 Å². The van der Waals surface area contributed by atoms with Crippen molar-refractivity contribution in [1.29, 1.82) is 5.26 Å². The predicted molar refractivity (Wildman–Crippen MR) is 124 cm³/mol. The number of benzene rings is 2. The molecule has 30 heavy (non-hydrogen) atoms. The maximum Gasteiger partial charge on any atom is 0.225 e. The van der Waals surface area contributed by atoms with Crippen LogP contribution in [0.25, 0.3) is 11.3 Å². The largest absolute Gasteiger partial charge is 0.326 e. The Morgan fingerprint density at radius 1 is 1.07 bits per heavy atom. The van der Waals surface area contributed by atoms with E-state index in [-0.39, 0.29) is 5.91 Å². The molecule has 2 aromatic carbocycles. The van der Waals surface area contributed by atoms with E-state index >= 15 is 0 Å². The number of amides is 1. The monoisotopic (exact) mass is 415 g/mol. The van der Waals surface area contributed by atoms with Crippen molar-refractivity contribution in [2.24, 2.45) is 0 Å². The second kappa shape index (κ2) is 10.1. The molecule has 0 aliphatic heterocycles. The third-order valence-corrected chi connectivity index (χ3v) is 5.75. The fraction of sp³-hybridized carbons (Fsp3) is 0.240. The highest BCUT2D eigenvalue weighted by Crippen LogP contribution is 2.26. The summed E-state index contributed by atoms with van der Waals surface area (Å²) >= 11 is 1.43. The lowest BCUT2D eigenvalue weighted by atomic mass is 10.0. The van der Waals surface area contributed by atoms with Crippen LogP contribution in [0.1, 0.15) is 42.9 Å². The summed E-state index contributed by atoms with van der Waals surface area (Å²) in [6.07, 6.45) is 0.345. The number of hydrogen-bond acceptors (Lipinski definition) is 4. The Morgan fingerprint density at radius 3 is 2.40 bits per heavy atom. The SMILES string of the molecule is Cc1ccc(-c2ccc(C#N)c(SCCC(=O)Nc3ccc(C(C)C)cc3)n2)cc1. The molecule has 1 amide bonds. The summed E-state index contributed by atoms with van der Waals surface area (Å²) in [6.45, 7) is 6.32. The number of hydrogen-bond donors (Lipinski definition) is 1. The Hall–Kier alpha value is -3.10. The van der Waals surface area contributed by atoms with Gasteiger partial charge in [-0.2, -0.15) is 5.26 Å². The van der Waals surface area contributed by atoms with E-state index in [1.807, 2.05) is 61.5 Å². The van der Waals surface area contributed by atoms with Crippen molar-refractivity contribution in [2.45, 2.75) is 38.1 Å². The molecule has 0 aliphatic rings. The molecule has 4 nitrogen and oxygen atoms in total. The lowest BCUT2D eigenvalue weighted by Gasteiger charge is -2.09. The van der Waals surface area contributed by atoms with E-state index in [0.717, 1.165) is 16.9 Å². The van der Waals surface area contributed by atoms with Gasteiger partial charge in [-0.05, 0) is 42.7 Å². The zero-order chi connectivity index (χ0) is 21.5. The Bertz CT molecular complexity index is 1050. The summed E-state index contributed by atoms with van der Waals surface area (Å²) in [5.74, 6) is 0.964. The molecule has 5 heteroatoms. The number of anilines is 1. The first-order chi connectivity index (χ1) is 14.5. The molecule has 3 rings (SSSR count). The number of nitriles is 1. The molecule has 0 saturated carbocycles. The number of aromatic nitrogens is 1. The fourth-order valence-corrected chi connectivity index (χ4v) is 3.85. The van der Waals surface area contributed by atoms with Crippen LogP contribution in [0.3, 0.4) is 0 Å². The summed E-state index contributed by atoms with van der Waals surface area (Å²) in [5, 5.41) is 13.0. The van der Waals surface area contributed by atoms with Crippen molar-refractivity contribution < 1.29 is 4.79 Å². The molecule has 0 aliphatic carbocycles. The van der Waals surface area contributed by atoms with E-state index < -0.39 is 0 Å². The number of carbonyl (C=O) groups is 1. The van der Waals surface area contributed by atoms with Crippen molar-refractivity contribution in [1.82, 2.24) is 4.98 Å². The number of nitrogens with zero attached hydrogens (tertiary/aromatic N) is 2. The number of nitrogens with one attached hydrogen (secondary N) is 1. The topological polar surface area (TPSA) is 65.8 Å². The zero-order valence-corrected chi connectivity index (χ0v) is 18.3. The minimum Gasteiger partial charge on any atom is -0.326 e. The summed E-state index contributed by atoms with van der Waals surface area (Å²) in [4.78, 5) is 16.9. The minimum absolute atomic E-state index is 0.0482. The van der Waals surface area contributed by atoms with Crippen molar-refractivity contribution in [3.8, 4) is 17.3 Å². The fourth-order valence-electron chi connectivity index (χ4n) is 2.94. The Labute approximate surface area is 182 Å². The molecule has 0 radical (unpaired) electrons. The molecule has 0 unspecified atom stereocenters. The quantitative estimate of drug-likeness (QED) is 0.468. The highest BCUT2D eigenvalue weighted by molar-refractivity contribution is 7.99. The molecule has 0 bridgehead atoms. The minimum atomic E-state index is -0.0482. The Balaban J connectivity index is 1.60. The van der Waals surface area contributed by atoms with E-state index in [2.05, 4.69) is 30.2 Å².